The number of nitrogens with zero attached hydrogens (tertiary/aromatic N) is 1. The molecule has 1 saturated carbocycles. The number of methoxy groups -OCH3 is 1. The molecule has 120 valence electrons. The molecule has 21 heavy (non-hydrogen) atoms. The second-order valence-corrected chi connectivity index (χ2v) is 7.38. The maximum absolute atomic E-state index is 12.4. The van der Waals surface area contributed by atoms with Gasteiger partial charge in [-0.1, -0.05) is 27.2 Å². The zero-order valence-corrected chi connectivity index (χ0v) is 13.8. The van der Waals surface area contributed by atoms with Crippen LogP contribution in [-0.4, -0.2) is 37.7 Å². The van der Waals surface area contributed by atoms with Gasteiger partial charge in [0, 0.05) is 7.11 Å². The van der Waals surface area contributed by atoms with Crippen LogP contribution in [0.3, 0.4) is 0 Å². The Hall–Kier alpha value is -1.10. The molecule has 1 aliphatic carbocycles. The molecule has 0 radical (unpaired) electrons. The summed E-state index contributed by atoms with van der Waals surface area (Å²) in [5.41, 5.74) is -0.123. The Morgan fingerprint density at radius 1 is 1.33 bits per heavy atom. The van der Waals surface area contributed by atoms with Crippen LogP contribution in [0, 0.1) is 11.3 Å². The molecular formula is C16H29N3O2. The summed E-state index contributed by atoms with van der Waals surface area (Å²) in [6.45, 7) is 8.04. The molecule has 2 rings (SSSR count). The van der Waals surface area contributed by atoms with Crippen LogP contribution in [0.15, 0.2) is 4.99 Å². The molecule has 1 heterocycles. The highest BCUT2D eigenvalue weighted by atomic mass is 16.5. The highest BCUT2D eigenvalue weighted by Gasteiger charge is 2.46. The number of aliphatic imine (C=N–C) groups is 1. The van der Waals surface area contributed by atoms with Crippen molar-refractivity contribution in [3.05, 3.63) is 0 Å². The molecule has 5 heteroatoms. The highest BCUT2D eigenvalue weighted by molar-refractivity contribution is 6.09. The van der Waals surface area contributed by atoms with Crippen molar-refractivity contribution in [2.75, 3.05) is 20.3 Å². The van der Waals surface area contributed by atoms with Gasteiger partial charge < -0.3 is 10.1 Å². The SMILES string of the molecule is COCCN=C1NC(=O)C2(CCCC(C(C)(C)C)CC2)N1. The Balaban J connectivity index is 2.02. The molecule has 1 saturated heterocycles. The van der Waals surface area contributed by atoms with Crippen LogP contribution in [0.25, 0.3) is 0 Å². The molecular weight excluding hydrogens is 266 g/mol. The zero-order valence-electron chi connectivity index (χ0n) is 13.8. The van der Waals surface area contributed by atoms with Crippen molar-refractivity contribution in [1.82, 2.24) is 10.6 Å². The third-order valence-corrected chi connectivity index (χ3v) is 4.89. The predicted molar refractivity (Wildman–Crippen MR) is 84.2 cm³/mol. The van der Waals surface area contributed by atoms with Crippen molar-refractivity contribution in [3.63, 3.8) is 0 Å². The van der Waals surface area contributed by atoms with Crippen molar-refractivity contribution >= 4 is 11.9 Å². The third-order valence-electron chi connectivity index (χ3n) is 4.89. The lowest BCUT2D eigenvalue weighted by molar-refractivity contribution is -0.124. The van der Waals surface area contributed by atoms with Gasteiger partial charge in [0.15, 0.2) is 5.96 Å². The zero-order chi connectivity index (χ0) is 15.5. The standard InChI is InChI=1S/C16H29N3O2/c1-15(2,3)12-6-5-8-16(9-7-12)13(20)18-14(19-16)17-10-11-21-4/h12H,5-11H2,1-4H3,(H2,17,18,19,20). The van der Waals surface area contributed by atoms with Gasteiger partial charge in [0.2, 0.25) is 0 Å². The minimum absolute atomic E-state index is 0.0910. The second-order valence-electron chi connectivity index (χ2n) is 7.38. The first-order valence-corrected chi connectivity index (χ1v) is 8.00. The summed E-state index contributed by atoms with van der Waals surface area (Å²) in [6.07, 6.45) is 5.18. The fourth-order valence-electron chi connectivity index (χ4n) is 3.43. The van der Waals surface area contributed by atoms with Crippen molar-refractivity contribution < 1.29 is 9.53 Å². The van der Waals surface area contributed by atoms with E-state index in [9.17, 15) is 4.79 Å². The van der Waals surface area contributed by atoms with Crippen LogP contribution in [0.4, 0.5) is 0 Å². The fraction of sp³-hybridized carbons (Fsp3) is 0.875. The number of amides is 1. The lowest BCUT2D eigenvalue weighted by Crippen LogP contribution is -2.46. The van der Waals surface area contributed by atoms with E-state index in [1.807, 2.05) is 0 Å². The van der Waals surface area contributed by atoms with E-state index in [0.29, 0.717) is 30.4 Å². The molecule has 2 N–H and O–H groups in total. The van der Waals surface area contributed by atoms with E-state index >= 15 is 0 Å². The maximum Gasteiger partial charge on any atom is 0.252 e. The number of ether oxygens (including phenoxy) is 1. The van der Waals surface area contributed by atoms with Gasteiger partial charge in [-0.05, 0) is 37.0 Å². The first-order valence-electron chi connectivity index (χ1n) is 8.00. The summed E-state index contributed by atoms with van der Waals surface area (Å²) in [7, 11) is 1.65. The summed E-state index contributed by atoms with van der Waals surface area (Å²) >= 11 is 0. The van der Waals surface area contributed by atoms with E-state index in [1.54, 1.807) is 7.11 Å². The van der Waals surface area contributed by atoms with E-state index in [4.69, 9.17) is 4.74 Å². The Bertz CT molecular complexity index is 414. The number of hydrogen-bond acceptors (Lipinski definition) is 3. The molecule has 2 atom stereocenters. The van der Waals surface area contributed by atoms with Gasteiger partial charge in [-0.25, -0.2) is 0 Å². The topological polar surface area (TPSA) is 62.7 Å². The van der Waals surface area contributed by atoms with Gasteiger partial charge in [-0.3, -0.25) is 15.1 Å². The Labute approximate surface area is 127 Å². The van der Waals surface area contributed by atoms with Gasteiger partial charge in [-0.15, -0.1) is 0 Å². The lowest BCUT2D eigenvalue weighted by Gasteiger charge is -2.30. The van der Waals surface area contributed by atoms with Crippen molar-refractivity contribution in [2.24, 2.45) is 16.3 Å². The summed E-state index contributed by atoms with van der Waals surface area (Å²) in [4.78, 5) is 16.8. The number of nitrogens with one attached hydrogen (secondary N) is 2. The van der Waals surface area contributed by atoms with Gasteiger partial charge in [0.25, 0.3) is 5.91 Å². The molecule has 2 fully saturated rings. The molecule has 1 spiro atoms. The van der Waals surface area contributed by atoms with Crippen molar-refractivity contribution in [1.29, 1.82) is 0 Å². The van der Waals surface area contributed by atoms with Crippen LogP contribution >= 0.6 is 0 Å². The average Bonchev–Trinajstić information content (AvgIpc) is 2.59. The van der Waals surface area contributed by atoms with Crippen LogP contribution in [-0.2, 0) is 9.53 Å². The van der Waals surface area contributed by atoms with Gasteiger partial charge in [-0.2, -0.15) is 0 Å². The first-order chi connectivity index (χ1) is 9.87. The monoisotopic (exact) mass is 295 g/mol. The van der Waals surface area contributed by atoms with Gasteiger partial charge in [0.05, 0.1) is 13.2 Å². The Kier molecular flexibility index (Phi) is 4.91. The molecule has 0 aromatic rings. The molecule has 0 aromatic heterocycles. The first kappa shape index (κ1) is 16.3. The van der Waals surface area contributed by atoms with Gasteiger partial charge >= 0.3 is 0 Å². The quantitative estimate of drug-likeness (QED) is 0.784. The van der Waals surface area contributed by atoms with Crippen LogP contribution in [0.1, 0.15) is 52.9 Å². The molecule has 1 aliphatic heterocycles. The fourth-order valence-corrected chi connectivity index (χ4v) is 3.43. The second kappa shape index (κ2) is 6.34. The number of carbonyl (C=O) groups excluding carboxylic acids is 1. The third kappa shape index (κ3) is 3.76. The molecule has 0 aromatic carbocycles. The number of hydrogen-bond donors (Lipinski definition) is 2. The smallest absolute Gasteiger partial charge is 0.252 e. The Morgan fingerprint density at radius 2 is 2.10 bits per heavy atom. The van der Waals surface area contributed by atoms with Crippen molar-refractivity contribution in [3.8, 4) is 0 Å². The summed E-state index contributed by atoms with van der Waals surface area (Å²) in [5.74, 6) is 1.39. The molecule has 0 bridgehead atoms. The number of guanidine groups is 1. The predicted octanol–water partition coefficient (Wildman–Crippen LogP) is 2.07. The molecule has 1 amide bonds. The van der Waals surface area contributed by atoms with Crippen LogP contribution in [0.5, 0.6) is 0 Å². The largest absolute Gasteiger partial charge is 0.383 e. The lowest BCUT2D eigenvalue weighted by atomic mass is 9.76. The normalized spacial score (nSPS) is 32.1. The minimum atomic E-state index is -0.439. The van der Waals surface area contributed by atoms with Crippen molar-refractivity contribution in [2.45, 2.75) is 58.4 Å². The van der Waals surface area contributed by atoms with E-state index < -0.39 is 5.54 Å². The van der Waals surface area contributed by atoms with Crippen LogP contribution in [0.2, 0.25) is 0 Å². The van der Waals surface area contributed by atoms with Gasteiger partial charge in [0.1, 0.15) is 5.54 Å². The molecule has 2 unspecified atom stereocenters. The van der Waals surface area contributed by atoms with E-state index in [1.165, 1.54) is 6.42 Å². The summed E-state index contributed by atoms with van der Waals surface area (Å²) < 4.78 is 4.99. The van der Waals surface area contributed by atoms with Crippen LogP contribution < -0.4 is 10.6 Å². The molecule has 2 aliphatic rings. The minimum Gasteiger partial charge on any atom is -0.383 e. The van der Waals surface area contributed by atoms with E-state index in [2.05, 4.69) is 36.4 Å². The summed E-state index contributed by atoms with van der Waals surface area (Å²) in [5, 5.41) is 6.26. The molecule has 5 nitrogen and oxygen atoms in total. The van der Waals surface area contributed by atoms with E-state index in [-0.39, 0.29) is 5.91 Å². The maximum atomic E-state index is 12.4. The number of carbonyl (C=O) groups is 1. The Morgan fingerprint density at radius 3 is 2.76 bits per heavy atom. The summed E-state index contributed by atoms with van der Waals surface area (Å²) in [6, 6.07) is 0. The average molecular weight is 295 g/mol. The highest BCUT2D eigenvalue weighted by Crippen LogP contribution is 2.40. The number of rotatable bonds is 3. The van der Waals surface area contributed by atoms with E-state index in [0.717, 1.165) is 25.7 Å².